The maximum absolute atomic E-state index is 12.2. The highest BCUT2D eigenvalue weighted by Gasteiger charge is 2.31. The van der Waals surface area contributed by atoms with E-state index in [1.165, 1.54) is 5.56 Å². The first-order valence-corrected chi connectivity index (χ1v) is 8.55. The lowest BCUT2D eigenvalue weighted by Gasteiger charge is -2.39. The third-order valence-electron chi connectivity index (χ3n) is 4.32. The zero-order chi connectivity index (χ0) is 17.0. The van der Waals surface area contributed by atoms with Crippen molar-refractivity contribution in [1.82, 2.24) is 10.2 Å². The van der Waals surface area contributed by atoms with Crippen molar-refractivity contribution in [2.45, 2.75) is 58.7 Å². The summed E-state index contributed by atoms with van der Waals surface area (Å²) in [5.41, 5.74) is 0.867. The Labute approximate surface area is 140 Å². The summed E-state index contributed by atoms with van der Waals surface area (Å²) in [5.74, 6) is 0.405. The number of nitrogens with one attached hydrogen (secondary N) is 1. The van der Waals surface area contributed by atoms with Crippen LogP contribution >= 0.6 is 0 Å². The molecule has 4 heteroatoms. The van der Waals surface area contributed by atoms with E-state index in [1.807, 2.05) is 31.7 Å². The van der Waals surface area contributed by atoms with Gasteiger partial charge in [0.05, 0.1) is 0 Å². The van der Waals surface area contributed by atoms with E-state index >= 15 is 0 Å². The molecule has 0 spiro atoms. The number of carbonyl (C=O) groups excluding carboxylic acids is 1. The first-order chi connectivity index (χ1) is 10.8. The van der Waals surface area contributed by atoms with Gasteiger partial charge in [-0.2, -0.15) is 0 Å². The lowest BCUT2D eigenvalue weighted by atomic mass is 9.92. The first kappa shape index (κ1) is 17.8. The van der Waals surface area contributed by atoms with E-state index in [-0.39, 0.29) is 6.09 Å². The van der Waals surface area contributed by atoms with Crippen molar-refractivity contribution in [3.63, 3.8) is 0 Å². The van der Waals surface area contributed by atoms with Crippen LogP contribution in [0.2, 0.25) is 0 Å². The van der Waals surface area contributed by atoms with Crippen molar-refractivity contribution in [2.75, 3.05) is 13.1 Å². The van der Waals surface area contributed by atoms with Gasteiger partial charge in [-0.05, 0) is 45.6 Å². The van der Waals surface area contributed by atoms with Crippen LogP contribution in [0.3, 0.4) is 0 Å². The molecule has 1 N–H and O–H groups in total. The number of hydrogen-bond donors (Lipinski definition) is 1. The summed E-state index contributed by atoms with van der Waals surface area (Å²) in [7, 11) is 0. The normalized spacial score (nSPS) is 23.4. The molecule has 0 aromatic heterocycles. The number of amides is 1. The van der Waals surface area contributed by atoms with Crippen LogP contribution in [-0.4, -0.2) is 35.7 Å². The Balaban J connectivity index is 1.88. The fraction of sp³-hybridized carbons (Fsp3) is 0.632. The second kappa shape index (κ2) is 7.35. The molecule has 1 aliphatic rings. The maximum Gasteiger partial charge on any atom is 0.410 e. The molecule has 1 amide bonds. The molecule has 1 saturated heterocycles. The van der Waals surface area contributed by atoms with Gasteiger partial charge in [0.25, 0.3) is 0 Å². The Morgan fingerprint density at radius 3 is 2.52 bits per heavy atom. The molecule has 128 valence electrons. The van der Waals surface area contributed by atoms with E-state index in [9.17, 15) is 4.79 Å². The summed E-state index contributed by atoms with van der Waals surface area (Å²) in [5, 5.41) is 3.71. The zero-order valence-electron chi connectivity index (χ0n) is 15.0. The van der Waals surface area contributed by atoms with E-state index in [0.29, 0.717) is 18.0 Å². The van der Waals surface area contributed by atoms with Crippen molar-refractivity contribution in [3.05, 3.63) is 35.9 Å². The van der Waals surface area contributed by atoms with Gasteiger partial charge in [-0.1, -0.05) is 37.3 Å². The molecule has 1 aromatic carbocycles. The topological polar surface area (TPSA) is 41.6 Å². The Kier molecular flexibility index (Phi) is 5.69. The van der Waals surface area contributed by atoms with Crippen molar-refractivity contribution < 1.29 is 9.53 Å². The van der Waals surface area contributed by atoms with Crippen LogP contribution in [0.4, 0.5) is 4.79 Å². The molecule has 0 aliphatic carbocycles. The van der Waals surface area contributed by atoms with Gasteiger partial charge in [-0.3, -0.25) is 0 Å². The minimum absolute atomic E-state index is 0.195. The van der Waals surface area contributed by atoms with Gasteiger partial charge in [0.15, 0.2) is 0 Å². The average Bonchev–Trinajstić information content (AvgIpc) is 2.48. The maximum atomic E-state index is 12.2. The molecule has 1 fully saturated rings. The third-order valence-corrected chi connectivity index (χ3v) is 4.32. The molecule has 0 saturated carbocycles. The number of piperidine rings is 1. The van der Waals surface area contributed by atoms with Gasteiger partial charge in [0.1, 0.15) is 5.60 Å². The van der Waals surface area contributed by atoms with Crippen LogP contribution in [0.25, 0.3) is 0 Å². The highest BCUT2D eigenvalue weighted by Crippen LogP contribution is 2.22. The Bertz CT molecular complexity index is 510. The summed E-state index contributed by atoms with van der Waals surface area (Å²) in [4.78, 5) is 14.0. The second-order valence-corrected chi connectivity index (χ2v) is 7.60. The lowest BCUT2D eigenvalue weighted by Crippen LogP contribution is -2.51. The molecule has 0 unspecified atom stereocenters. The molecule has 0 radical (unpaired) electrons. The highest BCUT2D eigenvalue weighted by atomic mass is 16.6. The summed E-state index contributed by atoms with van der Waals surface area (Å²) in [6.45, 7) is 11.6. The van der Waals surface area contributed by atoms with Crippen LogP contribution < -0.4 is 5.32 Å². The highest BCUT2D eigenvalue weighted by molar-refractivity contribution is 5.68. The van der Waals surface area contributed by atoms with E-state index in [1.54, 1.807) is 0 Å². The Hall–Kier alpha value is -1.55. The summed E-state index contributed by atoms with van der Waals surface area (Å²) in [6, 6.07) is 11.2. The number of hydrogen-bond acceptors (Lipinski definition) is 3. The fourth-order valence-corrected chi connectivity index (χ4v) is 3.04. The summed E-state index contributed by atoms with van der Waals surface area (Å²) < 4.78 is 5.48. The predicted molar refractivity (Wildman–Crippen MR) is 93.4 cm³/mol. The Morgan fingerprint density at radius 1 is 1.30 bits per heavy atom. The van der Waals surface area contributed by atoms with Gasteiger partial charge >= 0.3 is 6.09 Å². The van der Waals surface area contributed by atoms with Gasteiger partial charge in [-0.25, -0.2) is 4.79 Å². The first-order valence-electron chi connectivity index (χ1n) is 8.55. The molecule has 2 rings (SSSR count). The van der Waals surface area contributed by atoms with E-state index in [2.05, 4.69) is 43.4 Å². The fourth-order valence-electron chi connectivity index (χ4n) is 3.04. The van der Waals surface area contributed by atoms with Crippen molar-refractivity contribution in [1.29, 1.82) is 0 Å². The van der Waals surface area contributed by atoms with E-state index in [0.717, 1.165) is 19.5 Å². The van der Waals surface area contributed by atoms with E-state index < -0.39 is 5.60 Å². The van der Waals surface area contributed by atoms with Crippen molar-refractivity contribution >= 4 is 6.09 Å². The predicted octanol–water partition coefficient (Wildman–Crippen LogP) is 3.98. The number of benzene rings is 1. The van der Waals surface area contributed by atoms with Crippen LogP contribution in [0.15, 0.2) is 30.3 Å². The second-order valence-electron chi connectivity index (χ2n) is 7.60. The van der Waals surface area contributed by atoms with Gasteiger partial charge in [0.2, 0.25) is 0 Å². The molecule has 3 atom stereocenters. The third kappa shape index (κ3) is 5.24. The van der Waals surface area contributed by atoms with Crippen LogP contribution in [0.5, 0.6) is 0 Å². The largest absolute Gasteiger partial charge is 0.444 e. The quantitative estimate of drug-likeness (QED) is 0.916. The standard InChI is InChI=1S/C19H30N2O2/c1-14-13-21(18(22)23-19(3,4)5)12-11-17(14)20-15(2)16-9-7-6-8-10-16/h6-10,14-15,17,20H,11-13H2,1-5H3/t14-,15+,17+/m0/s1. The van der Waals surface area contributed by atoms with Crippen molar-refractivity contribution in [2.24, 2.45) is 5.92 Å². The minimum Gasteiger partial charge on any atom is -0.444 e. The molecule has 1 aromatic rings. The van der Waals surface area contributed by atoms with Crippen LogP contribution in [-0.2, 0) is 4.74 Å². The molecule has 1 heterocycles. The zero-order valence-corrected chi connectivity index (χ0v) is 15.0. The molecule has 0 bridgehead atoms. The molecule has 4 nitrogen and oxygen atoms in total. The number of nitrogens with zero attached hydrogens (tertiary/aromatic N) is 1. The van der Waals surface area contributed by atoms with Crippen molar-refractivity contribution in [3.8, 4) is 0 Å². The summed E-state index contributed by atoms with van der Waals surface area (Å²) in [6.07, 6.45) is 0.760. The van der Waals surface area contributed by atoms with Crippen LogP contribution in [0.1, 0.15) is 52.6 Å². The number of likely N-dealkylation sites (tertiary alicyclic amines) is 1. The minimum atomic E-state index is -0.433. The van der Waals surface area contributed by atoms with Gasteiger partial charge in [-0.15, -0.1) is 0 Å². The summed E-state index contributed by atoms with van der Waals surface area (Å²) >= 11 is 0. The van der Waals surface area contributed by atoms with Gasteiger partial charge < -0.3 is 15.0 Å². The molecular weight excluding hydrogens is 288 g/mol. The number of carbonyl (C=O) groups is 1. The SMILES string of the molecule is C[C@@H](N[C@@H]1CCN(C(=O)OC(C)(C)C)C[C@@H]1C)c1ccccc1. The number of ether oxygens (including phenoxy) is 1. The molecule has 23 heavy (non-hydrogen) atoms. The lowest BCUT2D eigenvalue weighted by molar-refractivity contribution is 0.0139. The van der Waals surface area contributed by atoms with E-state index in [4.69, 9.17) is 4.74 Å². The number of rotatable bonds is 3. The molecular formula is C19H30N2O2. The smallest absolute Gasteiger partial charge is 0.410 e. The van der Waals surface area contributed by atoms with Gasteiger partial charge in [0, 0.05) is 25.2 Å². The Morgan fingerprint density at radius 2 is 1.96 bits per heavy atom. The van der Waals surface area contributed by atoms with Crippen LogP contribution in [0, 0.1) is 5.92 Å². The molecule has 1 aliphatic heterocycles. The monoisotopic (exact) mass is 318 g/mol. The average molecular weight is 318 g/mol.